The van der Waals surface area contributed by atoms with Crippen LogP contribution in [0.2, 0.25) is 0 Å². The predicted molar refractivity (Wildman–Crippen MR) is 76.0 cm³/mol. The summed E-state index contributed by atoms with van der Waals surface area (Å²) in [6, 6.07) is 1.53. The highest BCUT2D eigenvalue weighted by molar-refractivity contribution is 5.56. The summed E-state index contributed by atoms with van der Waals surface area (Å²) in [5, 5.41) is 17.6. The second kappa shape index (κ2) is 6.15. The van der Waals surface area contributed by atoms with Crippen LogP contribution in [0.4, 0.5) is 11.5 Å². The highest BCUT2D eigenvalue weighted by Gasteiger charge is 2.34. The molecular formula is C13H20N4O3. The summed E-state index contributed by atoms with van der Waals surface area (Å²) in [6.07, 6.45) is 3.68. The third kappa shape index (κ3) is 3.23. The van der Waals surface area contributed by atoms with E-state index in [0.29, 0.717) is 19.0 Å². The number of rotatable bonds is 6. The first kappa shape index (κ1) is 14.7. The van der Waals surface area contributed by atoms with Crippen LogP contribution in [0.5, 0.6) is 0 Å². The Morgan fingerprint density at radius 3 is 3.05 bits per heavy atom. The molecule has 0 bridgehead atoms. The third-order valence-electron chi connectivity index (χ3n) is 3.55. The van der Waals surface area contributed by atoms with E-state index in [4.69, 9.17) is 4.74 Å². The first-order valence-corrected chi connectivity index (χ1v) is 6.65. The van der Waals surface area contributed by atoms with Gasteiger partial charge in [0, 0.05) is 25.9 Å². The summed E-state index contributed by atoms with van der Waals surface area (Å²) in [5.74, 6) is 0.310. The first-order valence-electron chi connectivity index (χ1n) is 6.65. The maximum atomic E-state index is 11.1. The zero-order chi connectivity index (χ0) is 14.6. The van der Waals surface area contributed by atoms with Crippen LogP contribution in [0.3, 0.4) is 0 Å². The minimum atomic E-state index is -0.409. The minimum absolute atomic E-state index is 0.00978. The molecule has 0 spiro atoms. The molecule has 1 fully saturated rings. The molecule has 1 saturated heterocycles. The maximum absolute atomic E-state index is 11.1. The molecule has 1 aliphatic heterocycles. The fourth-order valence-electron chi connectivity index (χ4n) is 2.55. The average Bonchev–Trinajstić information content (AvgIpc) is 2.86. The predicted octanol–water partition coefficient (Wildman–Crippen LogP) is 1.48. The topological polar surface area (TPSA) is 89.3 Å². The van der Waals surface area contributed by atoms with Gasteiger partial charge in [-0.05, 0) is 31.9 Å². The lowest BCUT2D eigenvalue weighted by molar-refractivity contribution is -0.384. The third-order valence-corrected chi connectivity index (χ3v) is 3.55. The molecule has 110 valence electrons. The Kier molecular flexibility index (Phi) is 4.51. The molecule has 2 heterocycles. The molecule has 0 radical (unpaired) electrons. The van der Waals surface area contributed by atoms with E-state index < -0.39 is 4.92 Å². The standard InChI is InChI=1S/C13H20N4O3/c1-10-6-11(17(18)19)12(14-7-10)15-8-13(9-20-2)4-3-5-16-13/h6-7,16H,3-5,8-9H2,1-2H3,(H,14,15). The van der Waals surface area contributed by atoms with E-state index in [1.54, 1.807) is 20.2 Å². The van der Waals surface area contributed by atoms with Gasteiger partial charge < -0.3 is 15.4 Å². The van der Waals surface area contributed by atoms with E-state index >= 15 is 0 Å². The Hall–Kier alpha value is -1.73. The number of ether oxygens (including phenoxy) is 1. The van der Waals surface area contributed by atoms with Crippen molar-refractivity contribution in [2.24, 2.45) is 0 Å². The molecule has 1 atom stereocenters. The fourth-order valence-corrected chi connectivity index (χ4v) is 2.55. The van der Waals surface area contributed by atoms with Crippen LogP contribution >= 0.6 is 0 Å². The largest absolute Gasteiger partial charge is 0.383 e. The molecule has 2 N–H and O–H groups in total. The van der Waals surface area contributed by atoms with Crippen molar-refractivity contribution in [3.63, 3.8) is 0 Å². The molecule has 0 aromatic carbocycles. The monoisotopic (exact) mass is 280 g/mol. The molecule has 20 heavy (non-hydrogen) atoms. The maximum Gasteiger partial charge on any atom is 0.311 e. The Bertz CT molecular complexity index is 487. The first-order chi connectivity index (χ1) is 9.56. The molecule has 0 amide bonds. The van der Waals surface area contributed by atoms with Crippen LogP contribution in [0.1, 0.15) is 18.4 Å². The van der Waals surface area contributed by atoms with Gasteiger partial charge in [-0.2, -0.15) is 0 Å². The second-order valence-corrected chi connectivity index (χ2v) is 5.23. The smallest absolute Gasteiger partial charge is 0.311 e. The van der Waals surface area contributed by atoms with Crippen LogP contribution in [0, 0.1) is 17.0 Å². The van der Waals surface area contributed by atoms with Gasteiger partial charge in [0.1, 0.15) is 0 Å². The number of nitro groups is 1. The molecule has 2 rings (SSSR count). The summed E-state index contributed by atoms with van der Waals surface area (Å²) in [6.45, 7) is 3.85. The SMILES string of the molecule is COCC1(CNc2ncc(C)cc2[N+](=O)[O-])CCCN1. The van der Waals surface area contributed by atoms with Gasteiger partial charge in [0.15, 0.2) is 0 Å². The van der Waals surface area contributed by atoms with Gasteiger partial charge in [-0.3, -0.25) is 10.1 Å². The van der Waals surface area contributed by atoms with Crippen LogP contribution in [0.15, 0.2) is 12.3 Å². The van der Waals surface area contributed by atoms with Crippen molar-refractivity contribution >= 4 is 11.5 Å². The number of pyridine rings is 1. The number of methoxy groups -OCH3 is 1. The Morgan fingerprint density at radius 1 is 1.65 bits per heavy atom. The Balaban J connectivity index is 2.12. The van der Waals surface area contributed by atoms with Crippen LogP contribution < -0.4 is 10.6 Å². The van der Waals surface area contributed by atoms with Crippen molar-refractivity contribution in [2.45, 2.75) is 25.3 Å². The lowest BCUT2D eigenvalue weighted by atomic mass is 9.98. The van der Waals surface area contributed by atoms with Gasteiger partial charge in [-0.25, -0.2) is 4.98 Å². The van der Waals surface area contributed by atoms with Crippen LogP contribution in [0.25, 0.3) is 0 Å². The number of anilines is 1. The van der Waals surface area contributed by atoms with Crippen molar-refractivity contribution in [1.29, 1.82) is 0 Å². The molecule has 7 heteroatoms. The summed E-state index contributed by atoms with van der Waals surface area (Å²) in [4.78, 5) is 14.8. The van der Waals surface area contributed by atoms with Crippen LogP contribution in [-0.4, -0.2) is 42.3 Å². The highest BCUT2D eigenvalue weighted by atomic mass is 16.6. The number of hydrogen-bond donors (Lipinski definition) is 2. The molecular weight excluding hydrogens is 260 g/mol. The Morgan fingerprint density at radius 2 is 2.45 bits per heavy atom. The second-order valence-electron chi connectivity index (χ2n) is 5.23. The number of nitrogens with zero attached hydrogens (tertiary/aromatic N) is 2. The molecule has 7 nitrogen and oxygen atoms in total. The van der Waals surface area contributed by atoms with Gasteiger partial charge in [0.05, 0.1) is 17.1 Å². The lowest BCUT2D eigenvalue weighted by Crippen LogP contribution is -2.49. The molecule has 1 aromatic rings. The quantitative estimate of drug-likeness (QED) is 0.606. The fraction of sp³-hybridized carbons (Fsp3) is 0.615. The minimum Gasteiger partial charge on any atom is -0.383 e. The van der Waals surface area contributed by atoms with E-state index in [-0.39, 0.29) is 11.2 Å². The van der Waals surface area contributed by atoms with Crippen molar-refractivity contribution < 1.29 is 9.66 Å². The zero-order valence-corrected chi connectivity index (χ0v) is 11.8. The van der Waals surface area contributed by atoms with Gasteiger partial charge in [-0.15, -0.1) is 0 Å². The average molecular weight is 280 g/mol. The summed E-state index contributed by atoms with van der Waals surface area (Å²) in [7, 11) is 1.66. The lowest BCUT2D eigenvalue weighted by Gasteiger charge is -2.29. The summed E-state index contributed by atoms with van der Waals surface area (Å²) in [5.41, 5.74) is 0.609. The van der Waals surface area contributed by atoms with Crippen LogP contribution in [-0.2, 0) is 4.74 Å². The summed E-state index contributed by atoms with van der Waals surface area (Å²) < 4.78 is 5.26. The van der Waals surface area contributed by atoms with E-state index in [1.807, 2.05) is 0 Å². The summed E-state index contributed by atoms with van der Waals surface area (Å²) >= 11 is 0. The van der Waals surface area contributed by atoms with Gasteiger partial charge in [-0.1, -0.05) is 0 Å². The molecule has 1 unspecified atom stereocenters. The van der Waals surface area contributed by atoms with Crippen molar-refractivity contribution in [3.8, 4) is 0 Å². The Labute approximate surface area is 117 Å². The number of hydrogen-bond acceptors (Lipinski definition) is 6. The molecule has 0 saturated carbocycles. The molecule has 1 aliphatic rings. The van der Waals surface area contributed by atoms with E-state index in [0.717, 1.165) is 24.9 Å². The normalized spacial score (nSPS) is 21.9. The highest BCUT2D eigenvalue weighted by Crippen LogP contribution is 2.25. The number of nitrogens with one attached hydrogen (secondary N) is 2. The van der Waals surface area contributed by atoms with E-state index in [1.165, 1.54) is 6.07 Å². The zero-order valence-electron chi connectivity index (χ0n) is 11.8. The molecule has 0 aliphatic carbocycles. The van der Waals surface area contributed by atoms with Gasteiger partial charge in [0.25, 0.3) is 0 Å². The van der Waals surface area contributed by atoms with Crippen molar-refractivity contribution in [3.05, 3.63) is 27.9 Å². The molecule has 1 aromatic heterocycles. The van der Waals surface area contributed by atoms with E-state index in [2.05, 4.69) is 15.6 Å². The van der Waals surface area contributed by atoms with Gasteiger partial charge >= 0.3 is 5.69 Å². The van der Waals surface area contributed by atoms with E-state index in [9.17, 15) is 10.1 Å². The number of aryl methyl sites for hydroxylation is 1. The van der Waals surface area contributed by atoms with Gasteiger partial charge in [0.2, 0.25) is 5.82 Å². The number of aromatic nitrogens is 1. The van der Waals surface area contributed by atoms with Crippen molar-refractivity contribution in [1.82, 2.24) is 10.3 Å². The van der Waals surface area contributed by atoms with Crippen molar-refractivity contribution in [2.75, 3.05) is 32.1 Å².